The van der Waals surface area contributed by atoms with E-state index in [9.17, 15) is 0 Å². The van der Waals surface area contributed by atoms with Gasteiger partial charge in [0.25, 0.3) is 0 Å². The summed E-state index contributed by atoms with van der Waals surface area (Å²) in [5.41, 5.74) is 1.90. The maximum Gasteiger partial charge on any atom is 0.0548 e. The molecule has 0 rings (SSSR count). The lowest BCUT2D eigenvalue weighted by Gasteiger charge is -1.79. The smallest absolute Gasteiger partial charge is 0.0548 e. The minimum absolute atomic E-state index is 0.906. The Kier molecular flexibility index (Phi) is 7.47. The lowest BCUT2D eigenvalue weighted by molar-refractivity contribution is 1.15. The second kappa shape index (κ2) is 6.75. The molecular weight excluding hydrogens is 221 g/mol. The number of halogens is 1. The molecular formula is C4H8INS. The minimum Gasteiger partial charge on any atom is -0.287 e. The zero-order valence-corrected chi connectivity index (χ0v) is 7.20. The van der Waals surface area contributed by atoms with Gasteiger partial charge in [0.1, 0.15) is 0 Å². The topological polar surface area (TPSA) is 12.4 Å². The number of rotatable bonds is 3. The maximum atomic E-state index is 3.99. The Morgan fingerprint density at radius 2 is 2.57 bits per heavy atom. The van der Waals surface area contributed by atoms with Gasteiger partial charge in [-0.2, -0.15) is 0 Å². The van der Waals surface area contributed by atoms with E-state index >= 15 is 0 Å². The summed E-state index contributed by atoms with van der Waals surface area (Å²) >= 11 is 4.03. The van der Waals surface area contributed by atoms with E-state index in [-0.39, 0.29) is 0 Å². The summed E-state index contributed by atoms with van der Waals surface area (Å²) in [5, 5.41) is 0. The second-order valence-electron chi connectivity index (χ2n) is 0.880. The summed E-state index contributed by atoms with van der Waals surface area (Å²) in [7, 11) is 0. The SMILES string of the molecule is CC/N=C\SCI. The van der Waals surface area contributed by atoms with Crippen LogP contribution in [0.4, 0.5) is 0 Å². The molecule has 0 saturated carbocycles. The summed E-state index contributed by atoms with van der Waals surface area (Å²) in [5.74, 6) is 0. The Morgan fingerprint density at radius 3 is 3.00 bits per heavy atom. The number of thioether (sulfide) groups is 1. The van der Waals surface area contributed by atoms with Crippen molar-refractivity contribution >= 4 is 39.9 Å². The van der Waals surface area contributed by atoms with Gasteiger partial charge in [0.2, 0.25) is 0 Å². The van der Waals surface area contributed by atoms with E-state index < -0.39 is 0 Å². The summed E-state index contributed by atoms with van der Waals surface area (Å²) in [6.07, 6.45) is 0. The first-order valence-corrected chi connectivity index (χ1v) is 4.65. The van der Waals surface area contributed by atoms with Crippen molar-refractivity contribution < 1.29 is 0 Å². The predicted octanol–water partition coefficient (Wildman–Crippen LogP) is 2.16. The highest BCUT2D eigenvalue weighted by molar-refractivity contribution is 14.1. The molecule has 0 saturated heterocycles. The summed E-state index contributed by atoms with van der Waals surface area (Å²) in [6, 6.07) is 0. The molecule has 0 N–H and O–H groups in total. The number of hydrogen-bond acceptors (Lipinski definition) is 2. The summed E-state index contributed by atoms with van der Waals surface area (Å²) < 4.78 is 1.10. The highest BCUT2D eigenvalue weighted by atomic mass is 127. The highest BCUT2D eigenvalue weighted by Crippen LogP contribution is 1.98. The molecule has 0 aliphatic carbocycles. The minimum atomic E-state index is 0.906. The van der Waals surface area contributed by atoms with Gasteiger partial charge in [-0.25, -0.2) is 0 Å². The fourth-order valence-electron chi connectivity index (χ4n) is 0.155. The predicted molar refractivity (Wildman–Crippen MR) is 45.5 cm³/mol. The largest absolute Gasteiger partial charge is 0.287 e. The van der Waals surface area contributed by atoms with Gasteiger partial charge >= 0.3 is 0 Å². The van der Waals surface area contributed by atoms with E-state index in [0.29, 0.717) is 0 Å². The van der Waals surface area contributed by atoms with Crippen molar-refractivity contribution in [1.82, 2.24) is 0 Å². The van der Waals surface area contributed by atoms with Crippen LogP contribution in [0, 0.1) is 0 Å². The van der Waals surface area contributed by atoms with E-state index in [1.54, 1.807) is 11.8 Å². The fourth-order valence-corrected chi connectivity index (χ4v) is 0.949. The van der Waals surface area contributed by atoms with Crippen molar-refractivity contribution in [1.29, 1.82) is 0 Å². The van der Waals surface area contributed by atoms with Crippen molar-refractivity contribution in [3.05, 3.63) is 0 Å². The molecule has 0 heterocycles. The monoisotopic (exact) mass is 229 g/mol. The average molecular weight is 229 g/mol. The molecule has 0 aromatic heterocycles. The van der Waals surface area contributed by atoms with Crippen LogP contribution < -0.4 is 0 Å². The highest BCUT2D eigenvalue weighted by Gasteiger charge is 1.69. The standard InChI is InChI=1S/C4H8INS/c1-2-6-4-7-3-5/h4H,2-3H2,1H3/b6-4-. The first-order chi connectivity index (χ1) is 3.41. The Morgan fingerprint density at radius 1 is 1.86 bits per heavy atom. The van der Waals surface area contributed by atoms with Crippen LogP contribution in [0.3, 0.4) is 0 Å². The third-order valence-corrected chi connectivity index (χ3v) is 1.90. The van der Waals surface area contributed by atoms with Crippen LogP contribution in [0.1, 0.15) is 6.92 Å². The maximum absolute atomic E-state index is 3.99. The number of aliphatic imine (C=N–C) groups is 1. The zero-order valence-electron chi connectivity index (χ0n) is 4.22. The summed E-state index contributed by atoms with van der Waals surface area (Å²) in [6.45, 7) is 2.94. The van der Waals surface area contributed by atoms with Crippen molar-refractivity contribution in [3.8, 4) is 0 Å². The number of nitrogens with zero attached hydrogens (tertiary/aromatic N) is 1. The van der Waals surface area contributed by atoms with Gasteiger partial charge in [-0.1, -0.05) is 22.6 Å². The van der Waals surface area contributed by atoms with Gasteiger partial charge in [-0.15, -0.1) is 11.8 Å². The summed E-state index contributed by atoms with van der Waals surface area (Å²) in [4.78, 5) is 3.99. The van der Waals surface area contributed by atoms with E-state index in [2.05, 4.69) is 27.6 Å². The quantitative estimate of drug-likeness (QED) is 0.312. The van der Waals surface area contributed by atoms with Crippen LogP contribution in [0.2, 0.25) is 0 Å². The van der Waals surface area contributed by atoms with Crippen LogP contribution in [0.15, 0.2) is 4.99 Å². The molecule has 3 heteroatoms. The first kappa shape index (κ1) is 7.75. The van der Waals surface area contributed by atoms with Crippen molar-refractivity contribution in [3.63, 3.8) is 0 Å². The molecule has 7 heavy (non-hydrogen) atoms. The lowest BCUT2D eigenvalue weighted by atomic mass is 10.8. The Bertz CT molecular complexity index is 55.7. The third-order valence-electron chi connectivity index (χ3n) is 0.395. The molecule has 0 spiro atoms. The van der Waals surface area contributed by atoms with Gasteiger partial charge in [0.05, 0.1) is 9.31 Å². The molecule has 0 aliphatic rings. The van der Waals surface area contributed by atoms with Crippen LogP contribution in [0.25, 0.3) is 0 Å². The Hall–Kier alpha value is 0.750. The van der Waals surface area contributed by atoms with Crippen molar-refractivity contribution in [2.75, 3.05) is 10.3 Å². The normalized spacial score (nSPS) is 10.6. The molecule has 0 aromatic rings. The molecule has 0 unspecified atom stereocenters. The van der Waals surface area contributed by atoms with Crippen LogP contribution in [-0.2, 0) is 0 Å². The average Bonchev–Trinajstić information content (AvgIpc) is 1.69. The Labute approximate surface area is 62.1 Å². The molecule has 0 bridgehead atoms. The molecule has 42 valence electrons. The lowest BCUT2D eigenvalue weighted by Crippen LogP contribution is -1.67. The number of alkyl halides is 1. The molecule has 0 fully saturated rings. The van der Waals surface area contributed by atoms with Gasteiger partial charge in [-0.05, 0) is 6.92 Å². The zero-order chi connectivity index (χ0) is 5.54. The second-order valence-corrected chi connectivity index (χ2v) is 3.51. The van der Waals surface area contributed by atoms with Crippen LogP contribution in [-0.4, -0.2) is 15.9 Å². The van der Waals surface area contributed by atoms with E-state index in [1.165, 1.54) is 0 Å². The van der Waals surface area contributed by atoms with Gasteiger partial charge < -0.3 is 0 Å². The van der Waals surface area contributed by atoms with Crippen LogP contribution in [0.5, 0.6) is 0 Å². The number of hydrogen-bond donors (Lipinski definition) is 0. The van der Waals surface area contributed by atoms with Crippen molar-refractivity contribution in [2.45, 2.75) is 6.92 Å². The van der Waals surface area contributed by atoms with Gasteiger partial charge in [-0.3, -0.25) is 4.99 Å². The molecule has 0 atom stereocenters. The first-order valence-electron chi connectivity index (χ1n) is 2.07. The van der Waals surface area contributed by atoms with Crippen LogP contribution >= 0.6 is 34.4 Å². The molecule has 0 radical (unpaired) electrons. The third kappa shape index (κ3) is 6.75. The molecule has 1 nitrogen and oxygen atoms in total. The van der Waals surface area contributed by atoms with E-state index in [1.807, 2.05) is 12.5 Å². The van der Waals surface area contributed by atoms with E-state index in [0.717, 1.165) is 10.3 Å². The van der Waals surface area contributed by atoms with Crippen molar-refractivity contribution in [2.24, 2.45) is 4.99 Å². The van der Waals surface area contributed by atoms with Gasteiger partial charge in [0, 0.05) is 6.54 Å². The Balaban J connectivity index is 2.78. The fraction of sp³-hybridized carbons (Fsp3) is 0.750. The molecule has 0 aliphatic heterocycles. The molecule has 0 amide bonds. The molecule has 0 aromatic carbocycles. The van der Waals surface area contributed by atoms with Gasteiger partial charge in [0.15, 0.2) is 0 Å². The van der Waals surface area contributed by atoms with E-state index in [4.69, 9.17) is 0 Å².